The van der Waals surface area contributed by atoms with Crippen LogP contribution < -0.4 is 49.1 Å². The summed E-state index contributed by atoms with van der Waals surface area (Å²) in [5.41, 5.74) is 18.6. The Kier molecular flexibility index (Phi) is 21.3. The van der Waals surface area contributed by atoms with Gasteiger partial charge >= 0.3 is 5.97 Å². The van der Waals surface area contributed by atoms with E-state index in [0.717, 1.165) is 0 Å². The molecule has 0 fully saturated rings. The molecule has 0 aromatic heterocycles. The first kappa shape index (κ1) is 53.9. The van der Waals surface area contributed by atoms with Gasteiger partial charge < -0.3 is 74.6 Å². The zero-order valence-electron chi connectivity index (χ0n) is 37.5. The summed E-state index contributed by atoms with van der Waals surface area (Å²) in [5, 5.41) is 64.2. The smallest absolute Gasteiger partial charge is 0.326 e. The maximum Gasteiger partial charge on any atom is 0.326 e. The number of carboxylic acids is 1. The second-order valence-electron chi connectivity index (χ2n) is 16.4. The lowest BCUT2D eigenvalue weighted by Crippen LogP contribution is -2.60. The number of guanidine groups is 1. The second kappa shape index (κ2) is 26.5. The van der Waals surface area contributed by atoms with E-state index in [-0.39, 0.29) is 74.2 Å². The number of phenolic OH excluding ortho intramolecular Hbond substituents is 3. The molecule has 3 aromatic rings. The van der Waals surface area contributed by atoms with Gasteiger partial charge in [0.2, 0.25) is 35.4 Å². The first-order valence-corrected chi connectivity index (χ1v) is 21.5. The number of aromatic hydroxyl groups is 3. The number of carbonyl (C=O) groups excluding carboxylic acids is 6. The van der Waals surface area contributed by atoms with Crippen LogP contribution in [0.25, 0.3) is 0 Å². The minimum absolute atomic E-state index is 0.0333. The van der Waals surface area contributed by atoms with Crippen molar-refractivity contribution in [3.63, 3.8) is 0 Å². The van der Waals surface area contributed by atoms with Crippen molar-refractivity contribution in [2.75, 3.05) is 13.2 Å². The molecular formula is C45H62N10O12. The van der Waals surface area contributed by atoms with Gasteiger partial charge in [-0.05, 0) is 91.6 Å². The summed E-state index contributed by atoms with van der Waals surface area (Å²) >= 11 is 0. The Morgan fingerprint density at radius 3 is 1.42 bits per heavy atom. The number of aliphatic hydroxyl groups is 1. The fourth-order valence-electron chi connectivity index (χ4n) is 6.56. The van der Waals surface area contributed by atoms with Gasteiger partial charge in [0, 0.05) is 19.4 Å². The van der Waals surface area contributed by atoms with E-state index in [1.54, 1.807) is 12.1 Å². The lowest BCUT2D eigenvalue weighted by atomic mass is 10.0. The fourth-order valence-corrected chi connectivity index (χ4v) is 6.56. The van der Waals surface area contributed by atoms with Crippen LogP contribution >= 0.6 is 0 Å². The number of carbonyl (C=O) groups is 7. The zero-order chi connectivity index (χ0) is 49.8. The summed E-state index contributed by atoms with van der Waals surface area (Å²) in [6, 6.07) is 7.84. The van der Waals surface area contributed by atoms with Crippen LogP contribution in [0.3, 0.4) is 0 Å². The summed E-state index contributed by atoms with van der Waals surface area (Å²) in [6.07, 6.45) is -0.114. The number of benzene rings is 3. The predicted octanol–water partition coefficient (Wildman–Crippen LogP) is -1.74. The molecule has 0 bridgehead atoms. The van der Waals surface area contributed by atoms with E-state index < -0.39 is 90.3 Å². The number of aliphatic carboxylic acids is 1. The van der Waals surface area contributed by atoms with Crippen LogP contribution in [-0.4, -0.2) is 128 Å². The monoisotopic (exact) mass is 934 g/mol. The van der Waals surface area contributed by atoms with E-state index in [1.165, 1.54) is 67.6 Å². The van der Waals surface area contributed by atoms with E-state index >= 15 is 0 Å². The van der Waals surface area contributed by atoms with Crippen LogP contribution in [0.4, 0.5) is 0 Å². The molecule has 6 amide bonds. The summed E-state index contributed by atoms with van der Waals surface area (Å²) < 4.78 is 0. The van der Waals surface area contributed by atoms with Crippen molar-refractivity contribution in [3.8, 4) is 17.2 Å². The van der Waals surface area contributed by atoms with E-state index in [2.05, 4.69) is 36.9 Å². The summed E-state index contributed by atoms with van der Waals surface area (Å²) in [7, 11) is 0. The topological polar surface area (TPSA) is 383 Å². The van der Waals surface area contributed by atoms with Gasteiger partial charge in [0.1, 0.15) is 53.5 Å². The fraction of sp³-hybridized carbons (Fsp3) is 0.422. The van der Waals surface area contributed by atoms with Crippen LogP contribution in [0.15, 0.2) is 77.8 Å². The van der Waals surface area contributed by atoms with Crippen molar-refractivity contribution in [2.45, 2.75) is 102 Å². The standard InChI is InChI=1S/C45H62N10O12/c1-24(2)19-34(52-39(61)32(46)20-26-6-12-29(57)13-7-26)41(63)50-25(3)38(60)55-37(23-56)43(65)53-35(21-27-8-14-30(58)15-9-27)42(64)51-33(5-4-18-49-45(47)48)40(62)54-36(44(66)67)22-28-10-16-31(59)17-11-28/h6-17,24-25,32-37,56-59H,4-5,18-23,46H2,1-3H3,(H,50,63)(H,51,64)(H,52,61)(H,53,65)(H,54,62)(H,55,60)(H,66,67)(H4,47,48,49)/t25-,32-,33-,34-,35-,36-,37-/m0/s1. The molecule has 0 unspecified atom stereocenters. The van der Waals surface area contributed by atoms with Gasteiger partial charge in [0.25, 0.3) is 0 Å². The number of amides is 6. The molecule has 0 spiro atoms. The summed E-state index contributed by atoms with van der Waals surface area (Å²) in [4.78, 5) is 97.5. The van der Waals surface area contributed by atoms with E-state index in [0.29, 0.717) is 16.7 Å². The quantitative estimate of drug-likeness (QED) is 0.0242. The molecule has 67 heavy (non-hydrogen) atoms. The average molecular weight is 935 g/mol. The highest BCUT2D eigenvalue weighted by atomic mass is 16.4. The molecule has 0 saturated heterocycles. The Labute approximate surface area is 387 Å². The Hall–Kier alpha value is -7.46. The molecule has 0 aliphatic heterocycles. The first-order valence-electron chi connectivity index (χ1n) is 21.5. The van der Waals surface area contributed by atoms with Gasteiger partial charge in [0.15, 0.2) is 5.96 Å². The molecular weight excluding hydrogens is 873 g/mol. The number of hydrogen-bond donors (Lipinski definition) is 14. The molecule has 3 aromatic carbocycles. The number of aliphatic imine (C=N–C) groups is 1. The minimum atomic E-state index is -1.68. The number of aliphatic hydroxyl groups excluding tert-OH is 1. The first-order chi connectivity index (χ1) is 31.6. The van der Waals surface area contributed by atoms with Crippen molar-refractivity contribution >= 4 is 47.4 Å². The van der Waals surface area contributed by atoms with Crippen LogP contribution in [0, 0.1) is 5.92 Å². The minimum Gasteiger partial charge on any atom is -0.508 e. The molecule has 364 valence electrons. The van der Waals surface area contributed by atoms with Crippen molar-refractivity contribution in [3.05, 3.63) is 89.5 Å². The largest absolute Gasteiger partial charge is 0.508 e. The third-order valence-electron chi connectivity index (χ3n) is 10.2. The average Bonchev–Trinajstić information content (AvgIpc) is 3.27. The molecule has 17 N–H and O–H groups in total. The summed E-state index contributed by atoms with van der Waals surface area (Å²) in [5.74, 6) is -6.98. The zero-order valence-corrected chi connectivity index (χ0v) is 37.5. The Balaban J connectivity index is 1.77. The molecule has 0 aliphatic carbocycles. The molecule has 22 heteroatoms. The number of nitrogens with zero attached hydrogens (tertiary/aromatic N) is 1. The van der Waals surface area contributed by atoms with Gasteiger partial charge in [0.05, 0.1) is 12.6 Å². The SMILES string of the molecule is CC(C)C[C@H](NC(=O)[C@@H](N)Cc1ccc(O)cc1)C(=O)N[C@@H](C)C(=O)N[C@@H](CO)C(=O)N[C@@H](Cc1ccc(O)cc1)C(=O)N[C@@H](CCCN=C(N)N)C(=O)N[C@@H](Cc1ccc(O)cc1)C(=O)O. The second-order valence-corrected chi connectivity index (χ2v) is 16.4. The van der Waals surface area contributed by atoms with Crippen LogP contribution in [0.5, 0.6) is 17.2 Å². The van der Waals surface area contributed by atoms with Crippen molar-refractivity contribution in [1.82, 2.24) is 31.9 Å². The highest BCUT2D eigenvalue weighted by Gasteiger charge is 2.33. The maximum atomic E-state index is 14.1. The number of rotatable bonds is 26. The third-order valence-corrected chi connectivity index (χ3v) is 10.2. The molecule has 0 radical (unpaired) electrons. The van der Waals surface area contributed by atoms with Crippen LogP contribution in [0.1, 0.15) is 56.7 Å². The normalized spacial score (nSPS) is 14.1. The summed E-state index contributed by atoms with van der Waals surface area (Å²) in [6.45, 7) is 4.01. The predicted molar refractivity (Wildman–Crippen MR) is 245 cm³/mol. The number of nitrogens with one attached hydrogen (secondary N) is 6. The van der Waals surface area contributed by atoms with E-state index in [1.807, 2.05) is 13.8 Å². The van der Waals surface area contributed by atoms with Gasteiger partial charge in [-0.25, -0.2) is 4.79 Å². The highest BCUT2D eigenvalue weighted by Crippen LogP contribution is 2.15. The maximum absolute atomic E-state index is 14.1. The molecule has 0 saturated carbocycles. The van der Waals surface area contributed by atoms with Crippen LogP contribution in [-0.2, 0) is 52.8 Å². The molecule has 0 heterocycles. The third kappa shape index (κ3) is 18.9. The van der Waals surface area contributed by atoms with Gasteiger partial charge in [-0.1, -0.05) is 50.2 Å². The van der Waals surface area contributed by atoms with Gasteiger partial charge in [-0.3, -0.25) is 33.8 Å². The van der Waals surface area contributed by atoms with Crippen LogP contribution in [0.2, 0.25) is 0 Å². The number of nitrogens with two attached hydrogens (primary N) is 3. The lowest BCUT2D eigenvalue weighted by Gasteiger charge is -2.27. The van der Waals surface area contributed by atoms with E-state index in [4.69, 9.17) is 17.2 Å². The molecule has 7 atom stereocenters. The number of carboxylic acid groups (broad SMARTS) is 1. The molecule has 0 aliphatic rings. The van der Waals surface area contributed by atoms with Gasteiger partial charge in [-0.2, -0.15) is 0 Å². The lowest BCUT2D eigenvalue weighted by molar-refractivity contribution is -0.142. The Morgan fingerprint density at radius 2 is 0.940 bits per heavy atom. The molecule has 22 nitrogen and oxygen atoms in total. The Morgan fingerprint density at radius 1 is 0.537 bits per heavy atom. The van der Waals surface area contributed by atoms with Crippen molar-refractivity contribution in [1.29, 1.82) is 0 Å². The molecule has 3 rings (SSSR count). The highest BCUT2D eigenvalue weighted by molar-refractivity contribution is 5.97. The van der Waals surface area contributed by atoms with Crippen molar-refractivity contribution in [2.24, 2.45) is 28.1 Å². The Bertz CT molecular complexity index is 2170. The number of hydrogen-bond acceptors (Lipinski definition) is 13. The van der Waals surface area contributed by atoms with E-state index in [9.17, 15) is 59.1 Å². The van der Waals surface area contributed by atoms with Gasteiger partial charge in [-0.15, -0.1) is 0 Å². The van der Waals surface area contributed by atoms with Crippen molar-refractivity contribution < 1.29 is 59.1 Å². The number of phenols is 3.